The van der Waals surface area contributed by atoms with Gasteiger partial charge in [0.15, 0.2) is 0 Å². The van der Waals surface area contributed by atoms with E-state index in [1.54, 1.807) is 24.7 Å². The number of hydrogen-bond donors (Lipinski definition) is 0. The quantitative estimate of drug-likeness (QED) is 0.760. The number of rotatable bonds is 2. The first-order valence-electron chi connectivity index (χ1n) is 4.83. The van der Waals surface area contributed by atoms with Gasteiger partial charge in [0.2, 0.25) is 0 Å². The molecule has 0 radical (unpaired) electrons. The van der Waals surface area contributed by atoms with E-state index in [1.165, 1.54) is 0 Å². The summed E-state index contributed by atoms with van der Waals surface area (Å²) in [6.07, 6.45) is 8.73. The molecular weight excluding hydrogens is 198 g/mol. The van der Waals surface area contributed by atoms with Crippen molar-refractivity contribution in [1.82, 2.24) is 9.97 Å². The van der Waals surface area contributed by atoms with E-state index in [2.05, 4.69) is 16.0 Å². The Balaban J connectivity index is 2.21. The van der Waals surface area contributed by atoms with Crippen LogP contribution in [0.4, 0.5) is 0 Å². The lowest BCUT2D eigenvalue weighted by molar-refractivity contribution is 1.18. The molecule has 0 aliphatic carbocycles. The fraction of sp³-hybridized carbons (Fsp3) is 0. The van der Waals surface area contributed by atoms with Crippen molar-refractivity contribution in [1.29, 1.82) is 5.26 Å². The number of nitriles is 1. The van der Waals surface area contributed by atoms with Crippen molar-refractivity contribution in [2.24, 2.45) is 0 Å². The molecule has 1 aromatic carbocycles. The van der Waals surface area contributed by atoms with E-state index in [4.69, 9.17) is 5.26 Å². The predicted octanol–water partition coefficient (Wildman–Crippen LogP) is 2.52. The zero-order chi connectivity index (χ0) is 11.2. The molecule has 0 aliphatic rings. The van der Waals surface area contributed by atoms with Crippen LogP contribution >= 0.6 is 0 Å². The highest BCUT2D eigenvalue weighted by molar-refractivity contribution is 5.68. The summed E-state index contributed by atoms with van der Waals surface area (Å²) in [7, 11) is 0. The Morgan fingerprint density at radius 3 is 2.88 bits per heavy atom. The third-order valence-corrected chi connectivity index (χ3v) is 2.05. The molecule has 2 aromatic rings. The maximum atomic E-state index is 8.75. The first-order valence-corrected chi connectivity index (χ1v) is 4.83. The molecule has 0 bridgehead atoms. The van der Waals surface area contributed by atoms with Crippen LogP contribution in [0, 0.1) is 11.3 Å². The molecule has 0 aliphatic heterocycles. The van der Waals surface area contributed by atoms with Gasteiger partial charge in [-0.05, 0) is 23.8 Å². The largest absolute Gasteiger partial charge is 0.261 e. The summed E-state index contributed by atoms with van der Waals surface area (Å²) in [5.74, 6) is 0. The first kappa shape index (κ1) is 10.1. The molecule has 0 saturated heterocycles. The Kier molecular flexibility index (Phi) is 3.05. The summed E-state index contributed by atoms with van der Waals surface area (Å²) >= 11 is 0. The van der Waals surface area contributed by atoms with Crippen LogP contribution in [0.5, 0.6) is 0 Å². The summed E-state index contributed by atoms with van der Waals surface area (Å²) in [6, 6.07) is 9.50. The van der Waals surface area contributed by atoms with Crippen LogP contribution in [0.2, 0.25) is 0 Å². The standard InChI is InChI=1S/C13H9N3/c14-9-12-3-1-2-11(8-12)4-5-13-10-15-6-7-16-13/h1-8,10H/b5-4+. The molecule has 1 heterocycles. The zero-order valence-electron chi connectivity index (χ0n) is 8.54. The highest BCUT2D eigenvalue weighted by atomic mass is 14.7. The average molecular weight is 207 g/mol. The fourth-order valence-electron chi connectivity index (χ4n) is 1.29. The molecule has 0 spiro atoms. The second-order valence-electron chi connectivity index (χ2n) is 3.20. The molecular formula is C13H9N3. The summed E-state index contributed by atoms with van der Waals surface area (Å²) in [4.78, 5) is 8.09. The van der Waals surface area contributed by atoms with Crippen LogP contribution in [0.3, 0.4) is 0 Å². The summed E-state index contributed by atoms with van der Waals surface area (Å²) in [5, 5.41) is 8.75. The maximum absolute atomic E-state index is 8.75. The first-order chi connectivity index (χ1) is 7.88. The van der Waals surface area contributed by atoms with Crippen LogP contribution in [-0.2, 0) is 0 Å². The number of hydrogen-bond acceptors (Lipinski definition) is 3. The average Bonchev–Trinajstić information content (AvgIpc) is 2.38. The van der Waals surface area contributed by atoms with Crippen LogP contribution in [0.15, 0.2) is 42.9 Å². The van der Waals surface area contributed by atoms with Crippen molar-refractivity contribution in [3.8, 4) is 6.07 Å². The normalized spacial score (nSPS) is 10.2. The lowest BCUT2D eigenvalue weighted by atomic mass is 10.1. The van der Waals surface area contributed by atoms with Crippen molar-refractivity contribution in [3.63, 3.8) is 0 Å². The van der Waals surface area contributed by atoms with Gasteiger partial charge in [-0.25, -0.2) is 0 Å². The van der Waals surface area contributed by atoms with Gasteiger partial charge in [0.25, 0.3) is 0 Å². The smallest absolute Gasteiger partial charge is 0.0991 e. The third-order valence-electron chi connectivity index (χ3n) is 2.05. The molecule has 76 valence electrons. The Bertz CT molecular complexity index is 539. The molecule has 0 unspecified atom stereocenters. The van der Waals surface area contributed by atoms with Gasteiger partial charge in [-0.1, -0.05) is 18.2 Å². The molecule has 3 nitrogen and oxygen atoms in total. The molecule has 0 atom stereocenters. The number of nitrogens with zero attached hydrogens (tertiary/aromatic N) is 3. The Hall–Kier alpha value is -2.47. The van der Waals surface area contributed by atoms with Gasteiger partial charge in [-0.2, -0.15) is 5.26 Å². The summed E-state index contributed by atoms with van der Waals surface area (Å²) in [6.45, 7) is 0. The molecule has 1 aromatic heterocycles. The van der Waals surface area contributed by atoms with Gasteiger partial charge in [-0.15, -0.1) is 0 Å². The van der Waals surface area contributed by atoms with E-state index in [9.17, 15) is 0 Å². The summed E-state index contributed by atoms with van der Waals surface area (Å²) < 4.78 is 0. The van der Waals surface area contributed by atoms with Crippen molar-refractivity contribution < 1.29 is 0 Å². The molecule has 2 rings (SSSR count). The van der Waals surface area contributed by atoms with Crippen LogP contribution in [0.25, 0.3) is 12.2 Å². The second kappa shape index (κ2) is 4.85. The van der Waals surface area contributed by atoms with Gasteiger partial charge in [-0.3, -0.25) is 9.97 Å². The highest BCUT2D eigenvalue weighted by Gasteiger charge is 1.91. The number of aromatic nitrogens is 2. The van der Waals surface area contributed by atoms with Gasteiger partial charge in [0.05, 0.1) is 23.5 Å². The maximum Gasteiger partial charge on any atom is 0.0991 e. The fourth-order valence-corrected chi connectivity index (χ4v) is 1.29. The lowest BCUT2D eigenvalue weighted by Gasteiger charge is -1.94. The van der Waals surface area contributed by atoms with Gasteiger partial charge in [0.1, 0.15) is 0 Å². The van der Waals surface area contributed by atoms with E-state index < -0.39 is 0 Å². The topological polar surface area (TPSA) is 49.6 Å². The van der Waals surface area contributed by atoms with Gasteiger partial charge < -0.3 is 0 Å². The van der Waals surface area contributed by atoms with Crippen molar-refractivity contribution in [2.75, 3.05) is 0 Å². The van der Waals surface area contributed by atoms with E-state index in [0.29, 0.717) is 5.56 Å². The monoisotopic (exact) mass is 207 g/mol. The molecule has 0 amide bonds. The zero-order valence-corrected chi connectivity index (χ0v) is 8.54. The summed E-state index contributed by atoms with van der Waals surface area (Å²) in [5.41, 5.74) is 2.43. The van der Waals surface area contributed by atoms with E-state index in [0.717, 1.165) is 11.3 Å². The third kappa shape index (κ3) is 2.52. The van der Waals surface area contributed by atoms with Crippen LogP contribution in [-0.4, -0.2) is 9.97 Å². The molecule has 16 heavy (non-hydrogen) atoms. The van der Waals surface area contributed by atoms with Crippen LogP contribution < -0.4 is 0 Å². The second-order valence-corrected chi connectivity index (χ2v) is 3.20. The SMILES string of the molecule is N#Cc1cccc(/C=C/c2cnccn2)c1. The molecule has 3 heteroatoms. The molecule has 0 saturated carbocycles. The minimum atomic E-state index is 0.654. The minimum Gasteiger partial charge on any atom is -0.261 e. The highest BCUT2D eigenvalue weighted by Crippen LogP contribution is 2.08. The van der Waals surface area contributed by atoms with E-state index in [-0.39, 0.29) is 0 Å². The molecule has 0 fully saturated rings. The Morgan fingerprint density at radius 2 is 2.12 bits per heavy atom. The van der Waals surface area contributed by atoms with Crippen molar-refractivity contribution >= 4 is 12.2 Å². The number of benzene rings is 1. The van der Waals surface area contributed by atoms with Crippen LogP contribution in [0.1, 0.15) is 16.8 Å². The van der Waals surface area contributed by atoms with Crippen molar-refractivity contribution in [2.45, 2.75) is 0 Å². The molecule has 0 N–H and O–H groups in total. The Labute approximate surface area is 93.7 Å². The Morgan fingerprint density at radius 1 is 1.19 bits per heavy atom. The van der Waals surface area contributed by atoms with Gasteiger partial charge in [0, 0.05) is 12.4 Å². The predicted molar refractivity (Wildman–Crippen MR) is 62.1 cm³/mol. The van der Waals surface area contributed by atoms with E-state index >= 15 is 0 Å². The minimum absolute atomic E-state index is 0.654. The van der Waals surface area contributed by atoms with Gasteiger partial charge >= 0.3 is 0 Å². The van der Waals surface area contributed by atoms with E-state index in [1.807, 2.05) is 30.4 Å². The lowest BCUT2D eigenvalue weighted by Crippen LogP contribution is -1.80. The van der Waals surface area contributed by atoms with Crippen molar-refractivity contribution in [3.05, 3.63) is 59.7 Å².